The van der Waals surface area contributed by atoms with Gasteiger partial charge in [-0.2, -0.15) is 15.3 Å². The highest BCUT2D eigenvalue weighted by atomic mass is 16.5. The summed E-state index contributed by atoms with van der Waals surface area (Å²) in [5.74, 6) is 1.32. The van der Waals surface area contributed by atoms with Crippen LogP contribution in [0.5, 0.6) is 5.75 Å². The summed E-state index contributed by atoms with van der Waals surface area (Å²) < 4.78 is 10.7. The minimum Gasteiger partial charge on any atom is -0.494 e. The number of hydrogen-bond donors (Lipinski definition) is 1. The van der Waals surface area contributed by atoms with Crippen LogP contribution in [-0.2, 0) is 0 Å². The zero-order valence-electron chi connectivity index (χ0n) is 12.5. The van der Waals surface area contributed by atoms with Crippen molar-refractivity contribution in [2.75, 3.05) is 12.0 Å². The summed E-state index contributed by atoms with van der Waals surface area (Å²) in [5, 5.41) is 13.0. The summed E-state index contributed by atoms with van der Waals surface area (Å²) in [6.07, 6.45) is 1.61. The number of benzene rings is 1. The Morgan fingerprint density at radius 1 is 1.50 bits per heavy atom. The molecular weight excluding hydrogens is 280 g/mol. The second-order valence-electron chi connectivity index (χ2n) is 4.46. The van der Waals surface area contributed by atoms with Gasteiger partial charge in [-0.1, -0.05) is 6.58 Å². The van der Waals surface area contributed by atoms with Gasteiger partial charge in [0.2, 0.25) is 11.6 Å². The quantitative estimate of drug-likeness (QED) is 0.652. The fraction of sp³-hybridized carbons (Fsp3) is 0.188. The van der Waals surface area contributed by atoms with Gasteiger partial charge in [-0.25, -0.2) is 5.43 Å². The lowest BCUT2D eigenvalue weighted by Gasteiger charge is -2.02. The van der Waals surface area contributed by atoms with E-state index in [1.807, 2.05) is 37.3 Å². The Kier molecular flexibility index (Phi) is 4.94. The summed E-state index contributed by atoms with van der Waals surface area (Å²) in [4.78, 5) is 4.01. The first-order chi connectivity index (χ1) is 10.6. The predicted molar refractivity (Wildman–Crippen MR) is 84.8 cm³/mol. The van der Waals surface area contributed by atoms with Crippen LogP contribution in [0.3, 0.4) is 0 Å². The van der Waals surface area contributed by atoms with Crippen molar-refractivity contribution in [3.8, 4) is 11.8 Å². The second kappa shape index (κ2) is 7.09. The molecule has 22 heavy (non-hydrogen) atoms. The molecule has 0 bridgehead atoms. The van der Waals surface area contributed by atoms with Gasteiger partial charge in [-0.15, -0.1) is 0 Å². The fourth-order valence-electron chi connectivity index (χ4n) is 1.64. The van der Waals surface area contributed by atoms with E-state index in [2.05, 4.69) is 22.1 Å². The molecule has 0 amide bonds. The summed E-state index contributed by atoms with van der Waals surface area (Å²) in [5.41, 5.74) is 4.34. The van der Waals surface area contributed by atoms with Gasteiger partial charge in [-0.3, -0.25) is 0 Å². The first kappa shape index (κ1) is 15.3. The second-order valence-corrected chi connectivity index (χ2v) is 4.46. The molecule has 6 nitrogen and oxygen atoms in total. The zero-order chi connectivity index (χ0) is 15.9. The third-order valence-corrected chi connectivity index (χ3v) is 2.67. The molecule has 1 N–H and O–H groups in total. The summed E-state index contributed by atoms with van der Waals surface area (Å²) in [7, 11) is 0. The number of aromatic nitrogens is 1. The van der Waals surface area contributed by atoms with Crippen molar-refractivity contribution >= 4 is 17.7 Å². The highest BCUT2D eigenvalue weighted by molar-refractivity contribution is 5.80. The summed E-state index contributed by atoms with van der Waals surface area (Å²) in [6, 6.07) is 9.41. The van der Waals surface area contributed by atoms with E-state index in [4.69, 9.17) is 14.4 Å². The van der Waals surface area contributed by atoms with E-state index < -0.39 is 0 Å². The van der Waals surface area contributed by atoms with Crippen molar-refractivity contribution in [3.63, 3.8) is 0 Å². The zero-order valence-corrected chi connectivity index (χ0v) is 12.5. The number of nitrogens with zero attached hydrogens (tertiary/aromatic N) is 3. The summed E-state index contributed by atoms with van der Waals surface area (Å²) in [6.45, 7) is 8.03. The SMILES string of the molecule is C=C(C)c1nc(C#N)c(N/N=C\c2ccc(OCC)cc2)o1. The minimum absolute atomic E-state index is 0.141. The molecular formula is C16H16N4O2. The Balaban J connectivity index is 2.06. The highest BCUT2D eigenvalue weighted by Gasteiger charge is 2.12. The molecule has 2 aromatic rings. The maximum Gasteiger partial charge on any atom is 0.252 e. The van der Waals surface area contributed by atoms with E-state index >= 15 is 0 Å². The molecule has 0 fully saturated rings. The van der Waals surface area contributed by atoms with Crippen LogP contribution >= 0.6 is 0 Å². The molecule has 0 aliphatic carbocycles. The Bertz CT molecular complexity index is 724. The lowest BCUT2D eigenvalue weighted by Crippen LogP contribution is -1.93. The van der Waals surface area contributed by atoms with E-state index in [1.165, 1.54) is 0 Å². The third kappa shape index (κ3) is 3.73. The van der Waals surface area contributed by atoms with Gasteiger partial charge in [0.05, 0.1) is 12.8 Å². The standard InChI is InChI=1S/C16H16N4O2/c1-4-21-13-7-5-12(6-8-13)10-18-20-16-14(9-17)19-15(22-16)11(2)3/h5-8,10,20H,2,4H2,1,3H3/b18-10-. The van der Waals surface area contributed by atoms with Crippen LogP contribution in [-0.4, -0.2) is 17.8 Å². The fourth-order valence-corrected chi connectivity index (χ4v) is 1.64. The molecule has 0 aliphatic heterocycles. The van der Waals surface area contributed by atoms with E-state index in [0.717, 1.165) is 11.3 Å². The number of nitrogens with one attached hydrogen (secondary N) is 1. The lowest BCUT2D eigenvalue weighted by atomic mass is 10.2. The van der Waals surface area contributed by atoms with Crippen LogP contribution in [0.25, 0.3) is 5.57 Å². The molecule has 0 saturated heterocycles. The van der Waals surface area contributed by atoms with E-state index in [0.29, 0.717) is 18.1 Å². The van der Waals surface area contributed by atoms with Gasteiger partial charge in [-0.05, 0) is 43.7 Å². The van der Waals surface area contributed by atoms with Gasteiger partial charge in [0, 0.05) is 5.57 Å². The van der Waals surface area contributed by atoms with Gasteiger partial charge in [0.15, 0.2) is 0 Å². The van der Waals surface area contributed by atoms with Crippen molar-refractivity contribution < 1.29 is 9.15 Å². The number of oxazole rings is 1. The molecule has 112 valence electrons. The largest absolute Gasteiger partial charge is 0.494 e. The number of hydrogen-bond acceptors (Lipinski definition) is 6. The van der Waals surface area contributed by atoms with Crippen molar-refractivity contribution in [2.24, 2.45) is 5.10 Å². The van der Waals surface area contributed by atoms with Crippen molar-refractivity contribution in [2.45, 2.75) is 13.8 Å². The van der Waals surface area contributed by atoms with Crippen molar-refractivity contribution in [1.29, 1.82) is 5.26 Å². The van der Waals surface area contributed by atoms with Crippen LogP contribution in [0, 0.1) is 11.3 Å². The topological polar surface area (TPSA) is 83.4 Å². The summed E-state index contributed by atoms with van der Waals surface area (Å²) >= 11 is 0. The number of allylic oxidation sites excluding steroid dienone is 1. The molecule has 0 aliphatic rings. The Morgan fingerprint density at radius 3 is 2.82 bits per heavy atom. The Hall–Kier alpha value is -3.07. The lowest BCUT2D eigenvalue weighted by molar-refractivity contribution is 0.340. The number of ether oxygens (including phenoxy) is 1. The molecule has 1 aromatic heterocycles. The van der Waals surface area contributed by atoms with Gasteiger partial charge in [0.25, 0.3) is 5.88 Å². The van der Waals surface area contributed by atoms with Crippen molar-refractivity contribution in [3.05, 3.63) is 48.0 Å². The molecule has 0 radical (unpaired) electrons. The third-order valence-electron chi connectivity index (χ3n) is 2.67. The van der Waals surface area contributed by atoms with Crippen LogP contribution in [0.1, 0.15) is 31.0 Å². The first-order valence-corrected chi connectivity index (χ1v) is 6.72. The highest BCUT2D eigenvalue weighted by Crippen LogP contribution is 2.20. The van der Waals surface area contributed by atoms with Crippen LogP contribution < -0.4 is 10.2 Å². The molecule has 2 rings (SSSR count). The molecule has 1 heterocycles. The van der Waals surface area contributed by atoms with Gasteiger partial charge < -0.3 is 9.15 Å². The van der Waals surface area contributed by atoms with Crippen LogP contribution in [0.2, 0.25) is 0 Å². The molecule has 0 unspecified atom stereocenters. The van der Waals surface area contributed by atoms with Crippen LogP contribution in [0.4, 0.5) is 5.88 Å². The maximum atomic E-state index is 9.00. The smallest absolute Gasteiger partial charge is 0.252 e. The van der Waals surface area contributed by atoms with E-state index in [-0.39, 0.29) is 11.6 Å². The minimum atomic E-state index is 0.141. The average molecular weight is 296 g/mol. The van der Waals surface area contributed by atoms with Gasteiger partial charge in [0.1, 0.15) is 11.8 Å². The number of rotatable bonds is 6. The van der Waals surface area contributed by atoms with E-state index in [1.54, 1.807) is 13.1 Å². The molecule has 1 aromatic carbocycles. The normalized spacial score (nSPS) is 10.4. The molecule has 0 saturated carbocycles. The molecule has 0 atom stereocenters. The first-order valence-electron chi connectivity index (χ1n) is 6.72. The van der Waals surface area contributed by atoms with Crippen LogP contribution in [0.15, 0.2) is 40.4 Å². The molecule has 0 spiro atoms. The van der Waals surface area contributed by atoms with E-state index in [9.17, 15) is 0 Å². The van der Waals surface area contributed by atoms with Gasteiger partial charge >= 0.3 is 0 Å². The predicted octanol–water partition coefficient (Wildman–Crippen LogP) is 3.42. The number of hydrazone groups is 1. The maximum absolute atomic E-state index is 9.00. The molecule has 6 heteroatoms. The Labute approximate surface area is 128 Å². The Morgan fingerprint density at radius 2 is 2.23 bits per heavy atom. The number of anilines is 1. The average Bonchev–Trinajstić information content (AvgIpc) is 2.93. The van der Waals surface area contributed by atoms with Crippen molar-refractivity contribution in [1.82, 2.24) is 4.98 Å². The number of nitriles is 1. The monoisotopic (exact) mass is 296 g/mol.